The van der Waals surface area contributed by atoms with Gasteiger partial charge in [-0.1, -0.05) is 12.1 Å². The Labute approximate surface area is 235 Å². The van der Waals surface area contributed by atoms with Crippen molar-refractivity contribution in [2.45, 2.75) is 25.3 Å². The van der Waals surface area contributed by atoms with Crippen molar-refractivity contribution in [1.29, 1.82) is 0 Å². The number of anilines is 2. The van der Waals surface area contributed by atoms with Crippen LogP contribution in [0.1, 0.15) is 18.4 Å². The van der Waals surface area contributed by atoms with Crippen LogP contribution in [0.4, 0.5) is 25.1 Å². The van der Waals surface area contributed by atoms with E-state index in [1.165, 1.54) is 48.8 Å². The molecule has 210 valence electrons. The number of piperidine rings is 1. The molecule has 1 fully saturated rings. The Morgan fingerprint density at radius 1 is 1.07 bits per heavy atom. The zero-order valence-electron chi connectivity index (χ0n) is 22.0. The molecule has 0 saturated carbocycles. The Kier molecular flexibility index (Phi) is 9.51. The Morgan fingerprint density at radius 2 is 1.80 bits per heavy atom. The molecule has 1 saturated heterocycles. The highest BCUT2D eigenvalue weighted by Crippen LogP contribution is 2.26. The molecule has 0 spiro atoms. The molecule has 3 N–H and O–H groups in total. The van der Waals surface area contributed by atoms with E-state index in [1.54, 1.807) is 11.9 Å². The Balaban J connectivity index is 1.30. The van der Waals surface area contributed by atoms with Crippen molar-refractivity contribution >= 4 is 40.8 Å². The summed E-state index contributed by atoms with van der Waals surface area (Å²) in [7, 11) is 3.80. The minimum Gasteiger partial charge on any atom is -0.436 e. The third kappa shape index (κ3) is 8.13. The van der Waals surface area contributed by atoms with Gasteiger partial charge in [-0.05, 0) is 75.0 Å². The van der Waals surface area contributed by atoms with E-state index in [4.69, 9.17) is 17.0 Å². The van der Waals surface area contributed by atoms with Gasteiger partial charge in [-0.3, -0.25) is 10.1 Å². The van der Waals surface area contributed by atoms with Crippen molar-refractivity contribution in [2.24, 2.45) is 0 Å². The highest BCUT2D eigenvalue weighted by atomic mass is 32.1. The summed E-state index contributed by atoms with van der Waals surface area (Å²) >= 11 is 5.13. The number of benzene rings is 2. The monoisotopic (exact) mass is 569 g/mol. The predicted octanol–water partition coefficient (Wildman–Crippen LogP) is 4.16. The largest absolute Gasteiger partial charge is 0.436 e. The van der Waals surface area contributed by atoms with Crippen LogP contribution in [-0.4, -0.2) is 70.0 Å². The molecule has 0 atom stereocenters. The van der Waals surface area contributed by atoms with Crippen LogP contribution < -0.4 is 20.7 Å². The summed E-state index contributed by atoms with van der Waals surface area (Å²) in [5, 5.41) is 7.93. The van der Waals surface area contributed by atoms with Gasteiger partial charge in [0.05, 0.1) is 6.42 Å². The van der Waals surface area contributed by atoms with Gasteiger partial charge in [-0.15, -0.1) is 0 Å². The number of urea groups is 1. The zero-order valence-corrected chi connectivity index (χ0v) is 22.8. The second kappa shape index (κ2) is 13.2. The summed E-state index contributed by atoms with van der Waals surface area (Å²) in [6.07, 6.45) is 2.98. The molecule has 0 bridgehead atoms. The number of rotatable bonds is 7. The zero-order chi connectivity index (χ0) is 28.6. The number of likely N-dealkylation sites (tertiary alicyclic amines) is 1. The second-order valence-corrected chi connectivity index (χ2v) is 9.78. The van der Waals surface area contributed by atoms with Crippen LogP contribution in [0.5, 0.6) is 11.6 Å². The molecule has 40 heavy (non-hydrogen) atoms. The molecule has 1 aliphatic heterocycles. The Morgan fingerprint density at radius 3 is 2.50 bits per heavy atom. The lowest BCUT2D eigenvalue weighted by molar-refractivity contribution is -0.119. The summed E-state index contributed by atoms with van der Waals surface area (Å²) in [6, 6.07) is 10.8. The van der Waals surface area contributed by atoms with E-state index >= 15 is 0 Å². The summed E-state index contributed by atoms with van der Waals surface area (Å²) in [5.74, 6) is -1.37. The van der Waals surface area contributed by atoms with Crippen molar-refractivity contribution in [3.8, 4) is 11.6 Å². The van der Waals surface area contributed by atoms with Gasteiger partial charge in [0.25, 0.3) is 0 Å². The van der Waals surface area contributed by atoms with Crippen molar-refractivity contribution in [3.63, 3.8) is 0 Å². The van der Waals surface area contributed by atoms with Gasteiger partial charge in [0.2, 0.25) is 11.8 Å². The molecule has 0 aliphatic carbocycles. The van der Waals surface area contributed by atoms with E-state index in [9.17, 15) is 18.4 Å². The number of nitrogens with zero attached hydrogens (tertiary/aromatic N) is 4. The van der Waals surface area contributed by atoms with Gasteiger partial charge in [0.1, 0.15) is 18.0 Å². The average Bonchev–Trinajstić information content (AvgIpc) is 2.91. The van der Waals surface area contributed by atoms with Crippen LogP contribution in [0, 0.1) is 11.6 Å². The van der Waals surface area contributed by atoms with Crippen LogP contribution in [0.15, 0.2) is 54.9 Å². The van der Waals surface area contributed by atoms with Gasteiger partial charge >= 0.3 is 6.03 Å². The van der Waals surface area contributed by atoms with Crippen LogP contribution in [0.3, 0.4) is 0 Å². The highest BCUT2D eigenvalue weighted by Gasteiger charge is 2.24. The van der Waals surface area contributed by atoms with Gasteiger partial charge in [-0.2, -0.15) is 0 Å². The lowest BCUT2D eigenvalue weighted by Crippen LogP contribution is -2.46. The number of ether oxygens (including phenoxy) is 1. The van der Waals surface area contributed by atoms with Gasteiger partial charge in [0, 0.05) is 30.9 Å². The number of carbonyl (C=O) groups excluding carboxylic acids is 2. The molecule has 10 nitrogen and oxygen atoms in total. The third-order valence-corrected chi connectivity index (χ3v) is 6.57. The number of thiocarbonyl (C=S) groups is 1. The maximum atomic E-state index is 14.8. The molecule has 13 heteroatoms. The first-order valence-corrected chi connectivity index (χ1v) is 12.9. The number of halogens is 2. The minimum absolute atomic E-state index is 0.000913. The Bertz CT molecular complexity index is 1370. The van der Waals surface area contributed by atoms with E-state index in [0.29, 0.717) is 5.56 Å². The molecule has 1 aromatic heterocycles. The molecule has 0 unspecified atom stereocenters. The van der Waals surface area contributed by atoms with Crippen molar-refractivity contribution in [2.75, 3.05) is 37.8 Å². The molecule has 1 aliphatic rings. The molecule has 0 radical (unpaired) electrons. The highest BCUT2D eigenvalue weighted by molar-refractivity contribution is 7.80. The standard InChI is InChI=1S/C27H29F2N7O3S/c1-35-11-9-20(10-12-35)36(2)27(38)33-23-15-25(31-16-30-23)39-22-8-7-19(14-21(22)29)32-26(40)34-24(37)13-17-3-5-18(28)6-4-17/h3-8,14-16,20H,9-13H2,1-2H3,(H,30,31,33,38)(H2,32,34,37,40). The first-order valence-electron chi connectivity index (χ1n) is 12.5. The van der Waals surface area contributed by atoms with E-state index in [2.05, 4.69) is 37.9 Å². The molecule has 3 aromatic rings. The Hall–Kier alpha value is -4.23. The summed E-state index contributed by atoms with van der Waals surface area (Å²) < 4.78 is 33.4. The van der Waals surface area contributed by atoms with Gasteiger partial charge in [0.15, 0.2) is 16.7 Å². The molecular formula is C27H29F2N7O3S. The third-order valence-electron chi connectivity index (χ3n) is 6.37. The summed E-state index contributed by atoms with van der Waals surface area (Å²) in [6.45, 7) is 1.84. The summed E-state index contributed by atoms with van der Waals surface area (Å²) in [4.78, 5) is 36.8. The minimum atomic E-state index is -0.711. The molecular weight excluding hydrogens is 540 g/mol. The maximum absolute atomic E-state index is 14.8. The van der Waals surface area contributed by atoms with E-state index in [1.807, 2.05) is 0 Å². The van der Waals surface area contributed by atoms with Gasteiger partial charge in [-0.25, -0.2) is 23.5 Å². The predicted molar refractivity (Wildman–Crippen MR) is 150 cm³/mol. The smallest absolute Gasteiger partial charge is 0.323 e. The van der Waals surface area contributed by atoms with Crippen molar-refractivity contribution in [1.82, 2.24) is 25.1 Å². The molecule has 3 amide bonds. The number of nitrogens with one attached hydrogen (secondary N) is 3. The van der Waals surface area contributed by atoms with Crippen LogP contribution in [-0.2, 0) is 11.2 Å². The number of carbonyl (C=O) groups is 2. The van der Waals surface area contributed by atoms with Gasteiger partial charge < -0.3 is 25.2 Å². The second-order valence-electron chi connectivity index (χ2n) is 9.37. The van der Waals surface area contributed by atoms with Crippen molar-refractivity contribution in [3.05, 3.63) is 72.1 Å². The lowest BCUT2D eigenvalue weighted by atomic mass is 10.0. The number of hydrogen-bond donors (Lipinski definition) is 3. The van der Waals surface area contributed by atoms with E-state index < -0.39 is 17.5 Å². The molecule has 2 heterocycles. The van der Waals surface area contributed by atoms with E-state index in [0.717, 1.165) is 32.0 Å². The first-order chi connectivity index (χ1) is 19.2. The maximum Gasteiger partial charge on any atom is 0.323 e. The first kappa shape index (κ1) is 28.8. The fourth-order valence-corrected chi connectivity index (χ4v) is 4.34. The topological polar surface area (TPSA) is 112 Å². The van der Waals surface area contributed by atoms with E-state index in [-0.39, 0.29) is 46.7 Å². The summed E-state index contributed by atoms with van der Waals surface area (Å²) in [5.41, 5.74) is 0.899. The normalized spacial score (nSPS) is 13.8. The fraction of sp³-hybridized carbons (Fsp3) is 0.296. The number of amides is 3. The fourth-order valence-electron chi connectivity index (χ4n) is 4.10. The average molecular weight is 570 g/mol. The van der Waals surface area contributed by atoms with Crippen LogP contribution in [0.2, 0.25) is 0 Å². The molecule has 2 aromatic carbocycles. The lowest BCUT2D eigenvalue weighted by Gasteiger charge is -2.34. The van der Waals surface area contributed by atoms with Crippen molar-refractivity contribution < 1.29 is 23.1 Å². The number of aromatic nitrogens is 2. The number of hydrogen-bond acceptors (Lipinski definition) is 7. The van der Waals surface area contributed by atoms with Crippen LogP contribution >= 0.6 is 12.2 Å². The SMILES string of the molecule is CN1CCC(N(C)C(=O)Nc2cc(Oc3ccc(NC(=S)NC(=O)Cc4ccc(F)cc4)cc3F)ncn2)CC1. The molecule has 4 rings (SSSR count). The quantitative estimate of drug-likeness (QED) is 0.364. The van der Waals surface area contributed by atoms with Crippen LogP contribution in [0.25, 0.3) is 0 Å².